The van der Waals surface area contributed by atoms with Gasteiger partial charge in [-0.05, 0) is 55.2 Å². The van der Waals surface area contributed by atoms with Gasteiger partial charge in [0.2, 0.25) is 5.76 Å². The van der Waals surface area contributed by atoms with Crippen molar-refractivity contribution >= 4 is 38.3 Å². The van der Waals surface area contributed by atoms with E-state index in [1.807, 2.05) is 61.5 Å². The summed E-state index contributed by atoms with van der Waals surface area (Å²) in [6, 6.07) is 20.6. The SMILES string of the molecule is CCc1c(S(=O)(=O)N(CCc2ccccc2)c2ccccc2N2CCNCC2)ccc2oc(C(=O)O)c(C)c12. The van der Waals surface area contributed by atoms with Crippen LogP contribution in [0.3, 0.4) is 0 Å². The van der Waals surface area contributed by atoms with E-state index < -0.39 is 16.0 Å². The highest BCUT2D eigenvalue weighted by Gasteiger charge is 2.32. The molecule has 1 aliphatic rings. The van der Waals surface area contributed by atoms with Crippen molar-refractivity contribution in [3.63, 3.8) is 0 Å². The number of carboxylic acid groups (broad SMARTS) is 1. The van der Waals surface area contributed by atoms with Crippen molar-refractivity contribution < 1.29 is 22.7 Å². The number of para-hydroxylation sites is 2. The standard InChI is InChI=1S/C30H33N3O5S/c1-3-23-27(14-13-26-28(23)21(2)29(38-26)30(34)35)39(36,37)33(18-15-22-9-5-4-6-10-22)25-12-8-7-11-24(25)32-19-16-31-17-20-32/h4-14,31H,3,15-20H2,1-2H3,(H,34,35). The Hall–Kier alpha value is -3.82. The van der Waals surface area contributed by atoms with Crippen LogP contribution in [0.2, 0.25) is 0 Å². The van der Waals surface area contributed by atoms with E-state index in [-0.39, 0.29) is 17.2 Å². The number of piperazine rings is 1. The van der Waals surface area contributed by atoms with E-state index in [9.17, 15) is 18.3 Å². The number of anilines is 2. The van der Waals surface area contributed by atoms with E-state index in [0.29, 0.717) is 40.6 Å². The molecule has 1 fully saturated rings. The van der Waals surface area contributed by atoms with Gasteiger partial charge in [-0.25, -0.2) is 13.2 Å². The summed E-state index contributed by atoms with van der Waals surface area (Å²) in [5.74, 6) is -1.34. The second-order valence-corrected chi connectivity index (χ2v) is 11.5. The molecule has 0 radical (unpaired) electrons. The van der Waals surface area contributed by atoms with E-state index in [4.69, 9.17) is 4.42 Å². The van der Waals surface area contributed by atoms with Gasteiger partial charge in [-0.15, -0.1) is 0 Å². The first kappa shape index (κ1) is 26.8. The summed E-state index contributed by atoms with van der Waals surface area (Å²) < 4.78 is 36.3. The van der Waals surface area contributed by atoms with E-state index in [1.54, 1.807) is 19.1 Å². The Bertz CT molecular complexity index is 1590. The van der Waals surface area contributed by atoms with Crippen LogP contribution in [0.1, 0.15) is 34.2 Å². The first-order chi connectivity index (χ1) is 18.8. The summed E-state index contributed by atoms with van der Waals surface area (Å²) >= 11 is 0. The Kier molecular flexibility index (Phi) is 7.63. The maximum atomic E-state index is 14.6. The smallest absolute Gasteiger partial charge is 0.372 e. The van der Waals surface area contributed by atoms with Crippen molar-refractivity contribution in [1.82, 2.24) is 5.32 Å². The van der Waals surface area contributed by atoms with Crippen LogP contribution in [-0.2, 0) is 22.9 Å². The van der Waals surface area contributed by atoms with Crippen LogP contribution >= 0.6 is 0 Å². The fraction of sp³-hybridized carbons (Fsp3) is 0.300. The molecule has 8 nitrogen and oxygen atoms in total. The van der Waals surface area contributed by atoms with Crippen molar-refractivity contribution in [3.05, 3.63) is 89.2 Å². The van der Waals surface area contributed by atoms with Gasteiger partial charge in [-0.3, -0.25) is 4.31 Å². The molecule has 3 aromatic carbocycles. The molecule has 0 bridgehead atoms. The summed E-state index contributed by atoms with van der Waals surface area (Å²) in [5, 5.41) is 13.5. The van der Waals surface area contributed by atoms with Gasteiger partial charge in [0, 0.05) is 43.7 Å². The molecule has 39 heavy (non-hydrogen) atoms. The van der Waals surface area contributed by atoms with Crippen LogP contribution in [0, 0.1) is 6.92 Å². The number of benzene rings is 3. The number of nitrogens with one attached hydrogen (secondary N) is 1. The largest absolute Gasteiger partial charge is 0.475 e. The summed E-state index contributed by atoms with van der Waals surface area (Å²) in [6.45, 7) is 7.01. The summed E-state index contributed by atoms with van der Waals surface area (Å²) in [5.41, 5.74) is 3.92. The molecule has 204 valence electrons. The maximum absolute atomic E-state index is 14.6. The van der Waals surface area contributed by atoms with E-state index in [1.165, 1.54) is 4.31 Å². The Morgan fingerprint density at radius 2 is 1.72 bits per heavy atom. The van der Waals surface area contributed by atoms with Crippen LogP contribution in [0.4, 0.5) is 11.4 Å². The number of carbonyl (C=O) groups is 1. The zero-order valence-electron chi connectivity index (χ0n) is 22.2. The van der Waals surface area contributed by atoms with Crippen LogP contribution in [0.5, 0.6) is 0 Å². The quantitative estimate of drug-likeness (QED) is 0.309. The normalized spacial score (nSPS) is 14.1. The summed E-state index contributed by atoms with van der Waals surface area (Å²) in [6.07, 6.45) is 0.935. The predicted octanol–water partition coefficient (Wildman–Crippen LogP) is 4.85. The van der Waals surface area contributed by atoms with Crippen molar-refractivity contribution in [2.75, 3.05) is 41.9 Å². The van der Waals surface area contributed by atoms with Crippen molar-refractivity contribution in [1.29, 1.82) is 0 Å². The molecule has 0 unspecified atom stereocenters. The first-order valence-corrected chi connectivity index (χ1v) is 14.7. The number of hydrogen-bond acceptors (Lipinski definition) is 6. The molecule has 2 heterocycles. The third kappa shape index (κ3) is 5.12. The molecule has 2 N–H and O–H groups in total. The molecule has 0 aliphatic carbocycles. The molecular formula is C30H33N3O5S. The molecule has 0 atom stereocenters. The number of hydrogen-bond donors (Lipinski definition) is 2. The zero-order chi connectivity index (χ0) is 27.6. The number of furan rings is 1. The number of rotatable bonds is 9. The molecule has 1 saturated heterocycles. The summed E-state index contributed by atoms with van der Waals surface area (Å²) in [7, 11) is -4.05. The third-order valence-corrected chi connectivity index (χ3v) is 9.23. The second-order valence-electron chi connectivity index (χ2n) is 9.67. The highest BCUT2D eigenvalue weighted by molar-refractivity contribution is 7.93. The minimum absolute atomic E-state index is 0.167. The summed E-state index contributed by atoms with van der Waals surface area (Å²) in [4.78, 5) is 14.1. The van der Waals surface area contributed by atoms with E-state index in [2.05, 4.69) is 10.2 Å². The van der Waals surface area contributed by atoms with Gasteiger partial charge in [0.15, 0.2) is 0 Å². The molecule has 0 saturated carbocycles. The maximum Gasteiger partial charge on any atom is 0.372 e. The van der Waals surface area contributed by atoms with Crippen LogP contribution in [-0.4, -0.2) is 52.2 Å². The lowest BCUT2D eigenvalue weighted by Crippen LogP contribution is -2.44. The van der Waals surface area contributed by atoms with Crippen molar-refractivity contribution in [2.24, 2.45) is 0 Å². The fourth-order valence-corrected chi connectivity index (χ4v) is 7.19. The van der Waals surface area contributed by atoms with Gasteiger partial charge in [0.1, 0.15) is 5.58 Å². The zero-order valence-corrected chi connectivity index (χ0v) is 23.0. The number of sulfonamides is 1. The van der Waals surface area contributed by atoms with Gasteiger partial charge in [0.05, 0.1) is 16.3 Å². The molecule has 1 aromatic heterocycles. The number of aryl methyl sites for hydroxylation is 2. The van der Waals surface area contributed by atoms with Gasteiger partial charge < -0.3 is 19.7 Å². The molecule has 0 amide bonds. The predicted molar refractivity (Wildman–Crippen MR) is 153 cm³/mol. The lowest BCUT2D eigenvalue weighted by atomic mass is 10.0. The highest BCUT2D eigenvalue weighted by Crippen LogP contribution is 2.38. The fourth-order valence-electron chi connectivity index (χ4n) is 5.41. The molecule has 5 rings (SSSR count). The lowest BCUT2D eigenvalue weighted by Gasteiger charge is -2.34. The van der Waals surface area contributed by atoms with E-state index >= 15 is 0 Å². The Balaban J connectivity index is 1.66. The van der Waals surface area contributed by atoms with Crippen LogP contribution in [0.15, 0.2) is 76.0 Å². The van der Waals surface area contributed by atoms with Gasteiger partial charge in [-0.1, -0.05) is 49.4 Å². The van der Waals surface area contributed by atoms with Crippen LogP contribution < -0.4 is 14.5 Å². The minimum atomic E-state index is -4.05. The Labute approximate surface area is 228 Å². The minimum Gasteiger partial charge on any atom is -0.475 e. The van der Waals surface area contributed by atoms with E-state index in [0.717, 1.165) is 37.4 Å². The third-order valence-electron chi connectivity index (χ3n) is 7.33. The molecule has 9 heteroatoms. The second kappa shape index (κ2) is 11.1. The molecule has 4 aromatic rings. The lowest BCUT2D eigenvalue weighted by molar-refractivity contribution is 0.0664. The van der Waals surface area contributed by atoms with Crippen molar-refractivity contribution in [3.8, 4) is 0 Å². The number of nitrogens with zero attached hydrogens (tertiary/aromatic N) is 2. The molecule has 1 aliphatic heterocycles. The Morgan fingerprint density at radius 1 is 1.03 bits per heavy atom. The van der Waals surface area contributed by atoms with Crippen molar-refractivity contribution in [2.45, 2.75) is 31.6 Å². The topological polar surface area (TPSA) is 103 Å². The Morgan fingerprint density at radius 3 is 2.41 bits per heavy atom. The monoisotopic (exact) mass is 547 g/mol. The van der Waals surface area contributed by atoms with Crippen LogP contribution in [0.25, 0.3) is 11.0 Å². The first-order valence-electron chi connectivity index (χ1n) is 13.2. The van der Waals surface area contributed by atoms with Gasteiger partial charge in [-0.2, -0.15) is 0 Å². The highest BCUT2D eigenvalue weighted by atomic mass is 32.2. The average Bonchev–Trinajstić information content (AvgIpc) is 3.30. The number of fused-ring (bicyclic) bond motifs is 1. The number of carboxylic acids is 1. The van der Waals surface area contributed by atoms with Gasteiger partial charge in [0.25, 0.3) is 10.0 Å². The molecule has 0 spiro atoms. The number of aromatic carboxylic acids is 1. The average molecular weight is 548 g/mol. The molecular weight excluding hydrogens is 514 g/mol. The van der Waals surface area contributed by atoms with Gasteiger partial charge >= 0.3 is 5.97 Å².